The van der Waals surface area contributed by atoms with Crippen molar-refractivity contribution in [3.8, 4) is 23.3 Å². The number of phenolic OH excluding ortho intramolecular Hbond substituents is 2. The summed E-state index contributed by atoms with van der Waals surface area (Å²) in [5, 5.41) is 22.9. The Bertz CT molecular complexity index is 1030. The highest BCUT2D eigenvalue weighted by Crippen LogP contribution is 2.37. The van der Waals surface area contributed by atoms with Crippen molar-refractivity contribution in [1.29, 1.82) is 0 Å². The van der Waals surface area contributed by atoms with Crippen LogP contribution in [0.3, 0.4) is 0 Å². The minimum atomic E-state index is 0.165. The Morgan fingerprint density at radius 3 is 2.46 bits per heavy atom. The summed E-state index contributed by atoms with van der Waals surface area (Å²) in [5.41, 5.74) is 2.67. The van der Waals surface area contributed by atoms with Gasteiger partial charge in [0.05, 0.1) is 5.56 Å². The van der Waals surface area contributed by atoms with Crippen molar-refractivity contribution >= 4 is 10.8 Å². The van der Waals surface area contributed by atoms with Crippen LogP contribution in [0.4, 0.5) is 0 Å². The minimum absolute atomic E-state index is 0.165. The topological polar surface area (TPSA) is 43.7 Å². The molecule has 4 rings (SSSR count). The first-order valence-corrected chi connectivity index (χ1v) is 9.93. The van der Waals surface area contributed by atoms with Crippen LogP contribution in [0.2, 0.25) is 0 Å². The van der Waals surface area contributed by atoms with Gasteiger partial charge in [0, 0.05) is 23.9 Å². The summed E-state index contributed by atoms with van der Waals surface area (Å²) in [6.07, 6.45) is 4.31. The maximum absolute atomic E-state index is 10.9. The second-order valence-corrected chi connectivity index (χ2v) is 7.46. The van der Waals surface area contributed by atoms with E-state index in [4.69, 9.17) is 0 Å². The predicted molar refractivity (Wildman–Crippen MR) is 113 cm³/mol. The standard InChI is InChI=1S/C25H25NO2/c27-24-17-21-13-12-20(11-7-10-19-8-3-1-4-9-19)16-22(21)25(28)23(24)18-26-14-5-2-6-15-26/h1,3-4,8-9,12-13,16-17,27-28H,2,5-6,10,14-15,18H2. The summed E-state index contributed by atoms with van der Waals surface area (Å²) >= 11 is 0. The molecule has 0 spiro atoms. The summed E-state index contributed by atoms with van der Waals surface area (Å²) in [7, 11) is 0. The summed E-state index contributed by atoms with van der Waals surface area (Å²) < 4.78 is 0. The molecule has 3 aromatic rings. The van der Waals surface area contributed by atoms with E-state index in [1.165, 1.54) is 24.8 Å². The zero-order valence-electron chi connectivity index (χ0n) is 16.0. The molecular formula is C25H25NO2. The van der Waals surface area contributed by atoms with Gasteiger partial charge in [0.15, 0.2) is 0 Å². The Hall–Kier alpha value is -2.96. The first-order chi connectivity index (χ1) is 13.7. The molecule has 1 aliphatic heterocycles. The number of benzene rings is 3. The van der Waals surface area contributed by atoms with E-state index >= 15 is 0 Å². The summed E-state index contributed by atoms with van der Waals surface area (Å²) in [6, 6.07) is 17.7. The molecule has 2 N–H and O–H groups in total. The number of nitrogens with zero attached hydrogens (tertiary/aromatic N) is 1. The van der Waals surface area contributed by atoms with Crippen molar-refractivity contribution in [3.63, 3.8) is 0 Å². The fourth-order valence-electron chi connectivity index (χ4n) is 3.82. The normalized spacial score (nSPS) is 14.6. The first-order valence-electron chi connectivity index (χ1n) is 9.93. The largest absolute Gasteiger partial charge is 0.507 e. The van der Waals surface area contributed by atoms with E-state index in [-0.39, 0.29) is 11.5 Å². The third-order valence-corrected chi connectivity index (χ3v) is 5.39. The molecule has 142 valence electrons. The third-order valence-electron chi connectivity index (χ3n) is 5.39. The summed E-state index contributed by atoms with van der Waals surface area (Å²) in [4.78, 5) is 2.30. The Morgan fingerprint density at radius 2 is 1.68 bits per heavy atom. The molecule has 0 aliphatic carbocycles. The van der Waals surface area contributed by atoms with Gasteiger partial charge in [-0.3, -0.25) is 4.90 Å². The average Bonchev–Trinajstić information content (AvgIpc) is 2.73. The fourth-order valence-corrected chi connectivity index (χ4v) is 3.82. The smallest absolute Gasteiger partial charge is 0.131 e. The molecule has 0 radical (unpaired) electrons. The molecule has 1 heterocycles. The molecule has 0 aromatic heterocycles. The lowest BCUT2D eigenvalue weighted by molar-refractivity contribution is 0.216. The number of piperidine rings is 1. The van der Waals surface area contributed by atoms with Crippen LogP contribution >= 0.6 is 0 Å². The minimum Gasteiger partial charge on any atom is -0.507 e. The van der Waals surface area contributed by atoms with E-state index < -0.39 is 0 Å². The number of hydrogen-bond donors (Lipinski definition) is 2. The molecule has 0 saturated carbocycles. The van der Waals surface area contributed by atoms with Crippen molar-refractivity contribution in [2.45, 2.75) is 32.2 Å². The number of fused-ring (bicyclic) bond motifs is 1. The number of rotatable bonds is 3. The zero-order chi connectivity index (χ0) is 19.3. The molecule has 28 heavy (non-hydrogen) atoms. The molecule has 3 heteroatoms. The van der Waals surface area contributed by atoms with Gasteiger partial charge in [0.1, 0.15) is 11.5 Å². The lowest BCUT2D eigenvalue weighted by atomic mass is 10.0. The Kier molecular flexibility index (Phi) is 5.50. The van der Waals surface area contributed by atoms with Crippen LogP contribution in [0, 0.1) is 11.8 Å². The molecule has 0 unspecified atom stereocenters. The van der Waals surface area contributed by atoms with Crippen molar-refractivity contribution < 1.29 is 10.2 Å². The average molecular weight is 371 g/mol. The highest BCUT2D eigenvalue weighted by molar-refractivity contribution is 5.92. The monoisotopic (exact) mass is 371 g/mol. The fraction of sp³-hybridized carbons (Fsp3) is 0.280. The first kappa shape index (κ1) is 18.4. The molecule has 0 amide bonds. The number of aromatic hydroxyl groups is 2. The van der Waals surface area contributed by atoms with Crippen LogP contribution < -0.4 is 0 Å². The SMILES string of the molecule is Oc1cc2ccc(C#CCc3ccccc3)cc2c(O)c1CN1CCCCC1. The van der Waals surface area contributed by atoms with E-state index in [1.807, 2.05) is 36.4 Å². The molecule has 1 saturated heterocycles. The van der Waals surface area contributed by atoms with Crippen LogP contribution in [0.5, 0.6) is 11.5 Å². The van der Waals surface area contributed by atoms with Gasteiger partial charge in [-0.25, -0.2) is 0 Å². The number of likely N-dealkylation sites (tertiary alicyclic amines) is 1. The molecule has 3 aromatic carbocycles. The molecule has 3 nitrogen and oxygen atoms in total. The van der Waals surface area contributed by atoms with Gasteiger partial charge in [-0.05, 0) is 55.1 Å². The highest BCUT2D eigenvalue weighted by atomic mass is 16.3. The van der Waals surface area contributed by atoms with E-state index in [2.05, 4.69) is 28.9 Å². The Labute approximate surface area is 166 Å². The van der Waals surface area contributed by atoms with Crippen molar-refractivity contribution in [3.05, 3.63) is 71.3 Å². The second-order valence-electron chi connectivity index (χ2n) is 7.46. The van der Waals surface area contributed by atoms with Crippen LogP contribution in [-0.4, -0.2) is 28.2 Å². The van der Waals surface area contributed by atoms with Gasteiger partial charge in [-0.2, -0.15) is 0 Å². The van der Waals surface area contributed by atoms with Gasteiger partial charge >= 0.3 is 0 Å². The lowest BCUT2D eigenvalue weighted by Gasteiger charge is -2.27. The zero-order valence-corrected chi connectivity index (χ0v) is 16.0. The van der Waals surface area contributed by atoms with Crippen molar-refractivity contribution in [2.24, 2.45) is 0 Å². The van der Waals surface area contributed by atoms with Gasteiger partial charge in [-0.1, -0.05) is 54.7 Å². The highest BCUT2D eigenvalue weighted by Gasteiger charge is 2.17. The van der Waals surface area contributed by atoms with Gasteiger partial charge < -0.3 is 10.2 Å². The maximum Gasteiger partial charge on any atom is 0.131 e. The third kappa shape index (κ3) is 4.13. The molecular weight excluding hydrogens is 346 g/mol. The van der Waals surface area contributed by atoms with Gasteiger partial charge in [0.2, 0.25) is 0 Å². The Balaban J connectivity index is 1.61. The quantitative estimate of drug-likeness (QED) is 0.648. The second kappa shape index (κ2) is 8.37. The molecule has 0 atom stereocenters. The maximum atomic E-state index is 10.9. The van der Waals surface area contributed by atoms with E-state index in [1.54, 1.807) is 6.07 Å². The van der Waals surface area contributed by atoms with Gasteiger partial charge in [-0.15, -0.1) is 0 Å². The van der Waals surface area contributed by atoms with Crippen molar-refractivity contribution in [2.75, 3.05) is 13.1 Å². The van der Waals surface area contributed by atoms with Gasteiger partial charge in [0.25, 0.3) is 0 Å². The molecule has 1 fully saturated rings. The molecule has 1 aliphatic rings. The van der Waals surface area contributed by atoms with Crippen LogP contribution in [0.15, 0.2) is 54.6 Å². The van der Waals surface area contributed by atoms with E-state index in [0.717, 1.165) is 29.4 Å². The number of phenols is 2. The lowest BCUT2D eigenvalue weighted by Crippen LogP contribution is -2.29. The van der Waals surface area contributed by atoms with Crippen LogP contribution in [0.25, 0.3) is 10.8 Å². The number of hydrogen-bond acceptors (Lipinski definition) is 3. The van der Waals surface area contributed by atoms with Crippen LogP contribution in [0.1, 0.15) is 36.0 Å². The van der Waals surface area contributed by atoms with E-state index in [9.17, 15) is 10.2 Å². The summed E-state index contributed by atoms with van der Waals surface area (Å²) in [6.45, 7) is 2.61. The van der Waals surface area contributed by atoms with Crippen molar-refractivity contribution in [1.82, 2.24) is 4.90 Å². The van der Waals surface area contributed by atoms with Crippen LogP contribution in [-0.2, 0) is 13.0 Å². The summed E-state index contributed by atoms with van der Waals surface area (Å²) in [5.74, 6) is 6.74. The molecule has 0 bridgehead atoms. The Morgan fingerprint density at radius 1 is 0.893 bits per heavy atom. The predicted octanol–water partition coefficient (Wildman–Crippen LogP) is 4.83. The van der Waals surface area contributed by atoms with E-state index in [0.29, 0.717) is 18.5 Å².